The zero-order valence-corrected chi connectivity index (χ0v) is 7.36. The molecule has 0 spiro atoms. The van der Waals surface area contributed by atoms with Gasteiger partial charge in [-0.2, -0.15) is 0 Å². The van der Waals surface area contributed by atoms with Crippen molar-refractivity contribution in [1.29, 1.82) is 0 Å². The van der Waals surface area contributed by atoms with Gasteiger partial charge >= 0.3 is 5.97 Å². The molecular weight excluding hydrogens is 192 g/mol. The highest BCUT2D eigenvalue weighted by atomic mass is 35.5. The van der Waals surface area contributed by atoms with Crippen molar-refractivity contribution in [3.8, 4) is 0 Å². The lowest BCUT2D eigenvalue weighted by Crippen LogP contribution is -2.04. The molecule has 68 valence electrons. The maximum absolute atomic E-state index is 10.5. The SMILES string of the molecule is O=C(O)[C@H]1O[C@H]1c1ccc(Cl)cc1. The van der Waals surface area contributed by atoms with E-state index >= 15 is 0 Å². The number of carboxylic acid groups (broad SMARTS) is 1. The van der Waals surface area contributed by atoms with Crippen LogP contribution in [0.25, 0.3) is 0 Å². The molecule has 1 fully saturated rings. The topological polar surface area (TPSA) is 49.8 Å². The highest BCUT2D eigenvalue weighted by Gasteiger charge is 2.46. The predicted molar refractivity (Wildman–Crippen MR) is 46.7 cm³/mol. The van der Waals surface area contributed by atoms with Gasteiger partial charge in [-0.05, 0) is 17.7 Å². The number of rotatable bonds is 2. The summed E-state index contributed by atoms with van der Waals surface area (Å²) >= 11 is 5.68. The first-order valence-electron chi connectivity index (χ1n) is 3.82. The van der Waals surface area contributed by atoms with E-state index in [0.29, 0.717) is 5.02 Å². The summed E-state index contributed by atoms with van der Waals surface area (Å²) in [4.78, 5) is 10.5. The van der Waals surface area contributed by atoms with E-state index in [4.69, 9.17) is 21.4 Å². The number of aliphatic carboxylic acids is 1. The largest absolute Gasteiger partial charge is 0.479 e. The van der Waals surface area contributed by atoms with Crippen molar-refractivity contribution in [3.63, 3.8) is 0 Å². The van der Waals surface area contributed by atoms with Gasteiger partial charge in [-0.3, -0.25) is 0 Å². The summed E-state index contributed by atoms with van der Waals surface area (Å²) in [6, 6.07) is 6.99. The number of benzene rings is 1. The van der Waals surface area contributed by atoms with Crippen LogP contribution < -0.4 is 0 Å². The van der Waals surface area contributed by atoms with Crippen molar-refractivity contribution in [1.82, 2.24) is 0 Å². The van der Waals surface area contributed by atoms with Gasteiger partial charge in [-0.25, -0.2) is 4.79 Å². The fraction of sp³-hybridized carbons (Fsp3) is 0.222. The molecule has 2 atom stereocenters. The van der Waals surface area contributed by atoms with Crippen LogP contribution in [0.4, 0.5) is 0 Å². The molecule has 3 nitrogen and oxygen atoms in total. The van der Waals surface area contributed by atoms with Gasteiger partial charge in [0.2, 0.25) is 0 Å². The van der Waals surface area contributed by atoms with Gasteiger partial charge in [-0.15, -0.1) is 0 Å². The Morgan fingerprint density at radius 1 is 1.38 bits per heavy atom. The molecule has 0 aromatic heterocycles. The maximum Gasteiger partial charge on any atom is 0.335 e. The second-order valence-electron chi connectivity index (χ2n) is 2.87. The van der Waals surface area contributed by atoms with E-state index in [2.05, 4.69) is 0 Å². The summed E-state index contributed by atoms with van der Waals surface area (Å²) < 4.78 is 4.96. The second kappa shape index (κ2) is 3.01. The van der Waals surface area contributed by atoms with Crippen LogP contribution in [0.1, 0.15) is 11.7 Å². The minimum absolute atomic E-state index is 0.297. The van der Waals surface area contributed by atoms with Crippen molar-refractivity contribution in [3.05, 3.63) is 34.9 Å². The maximum atomic E-state index is 10.5. The number of epoxide rings is 1. The Morgan fingerprint density at radius 2 is 2.00 bits per heavy atom. The van der Waals surface area contributed by atoms with Crippen LogP contribution in [-0.4, -0.2) is 17.2 Å². The average molecular weight is 199 g/mol. The molecule has 0 unspecified atom stereocenters. The number of ether oxygens (including phenoxy) is 1. The van der Waals surface area contributed by atoms with Gasteiger partial charge in [0.05, 0.1) is 0 Å². The Morgan fingerprint density at radius 3 is 2.46 bits per heavy atom. The quantitative estimate of drug-likeness (QED) is 0.738. The summed E-state index contributed by atoms with van der Waals surface area (Å²) in [6.45, 7) is 0. The molecule has 13 heavy (non-hydrogen) atoms. The van der Waals surface area contributed by atoms with Crippen molar-refractivity contribution >= 4 is 17.6 Å². The van der Waals surface area contributed by atoms with Gasteiger partial charge < -0.3 is 9.84 Å². The minimum Gasteiger partial charge on any atom is -0.479 e. The first-order valence-corrected chi connectivity index (χ1v) is 4.20. The number of hydrogen-bond donors (Lipinski definition) is 1. The summed E-state index contributed by atoms with van der Waals surface area (Å²) in [6.07, 6.45) is -0.976. The summed E-state index contributed by atoms with van der Waals surface area (Å²) in [5.41, 5.74) is 0.858. The highest BCUT2D eigenvalue weighted by molar-refractivity contribution is 6.30. The van der Waals surface area contributed by atoms with Crippen molar-refractivity contribution in [2.75, 3.05) is 0 Å². The molecule has 4 heteroatoms. The standard InChI is InChI=1S/C9H7ClO3/c10-6-3-1-5(2-4-6)7-8(13-7)9(11)12/h1-4,7-8H,(H,11,12)/t7-,8-/m0/s1. The lowest BCUT2D eigenvalue weighted by molar-refractivity contribution is -0.138. The fourth-order valence-corrected chi connectivity index (χ4v) is 1.33. The van der Waals surface area contributed by atoms with Crippen LogP contribution in [0, 0.1) is 0 Å². The fourth-order valence-electron chi connectivity index (χ4n) is 1.21. The molecular formula is C9H7ClO3. The van der Waals surface area contributed by atoms with Crippen molar-refractivity contribution < 1.29 is 14.6 Å². The number of halogens is 1. The second-order valence-corrected chi connectivity index (χ2v) is 3.30. The third-order valence-corrected chi connectivity index (χ3v) is 2.19. The third-order valence-electron chi connectivity index (χ3n) is 1.93. The first-order chi connectivity index (χ1) is 6.18. The lowest BCUT2D eigenvalue weighted by Gasteiger charge is -1.94. The van der Waals surface area contributed by atoms with Crippen LogP contribution in [0.5, 0.6) is 0 Å². The van der Waals surface area contributed by atoms with Gasteiger partial charge in [0.1, 0.15) is 6.10 Å². The predicted octanol–water partition coefficient (Wildman–Crippen LogP) is 1.86. The monoisotopic (exact) mass is 198 g/mol. The molecule has 0 saturated carbocycles. The molecule has 1 N–H and O–H groups in total. The molecule has 0 bridgehead atoms. The molecule has 1 saturated heterocycles. The number of carboxylic acids is 1. The van der Waals surface area contributed by atoms with Crippen LogP contribution in [-0.2, 0) is 9.53 Å². The van der Waals surface area contributed by atoms with E-state index < -0.39 is 12.1 Å². The molecule has 0 radical (unpaired) electrons. The third kappa shape index (κ3) is 1.66. The van der Waals surface area contributed by atoms with Crippen molar-refractivity contribution in [2.45, 2.75) is 12.2 Å². The Bertz CT molecular complexity index is 333. The van der Waals surface area contributed by atoms with Gasteiger partial charge in [0.25, 0.3) is 0 Å². The molecule has 1 heterocycles. The van der Waals surface area contributed by atoms with E-state index in [1.807, 2.05) is 0 Å². The zero-order valence-electron chi connectivity index (χ0n) is 6.61. The molecule has 1 aliphatic heterocycles. The average Bonchev–Trinajstić information content (AvgIpc) is 2.85. The molecule has 0 aliphatic carbocycles. The normalized spacial score (nSPS) is 25.6. The number of hydrogen-bond acceptors (Lipinski definition) is 2. The van der Waals surface area contributed by atoms with Crippen LogP contribution >= 0.6 is 11.6 Å². The van der Waals surface area contributed by atoms with E-state index in [0.717, 1.165) is 5.56 Å². The Kier molecular flexibility index (Phi) is 1.98. The molecule has 2 rings (SSSR count). The Hall–Kier alpha value is -1.06. The van der Waals surface area contributed by atoms with Crippen molar-refractivity contribution in [2.24, 2.45) is 0 Å². The van der Waals surface area contributed by atoms with E-state index in [9.17, 15) is 4.79 Å². The van der Waals surface area contributed by atoms with Gasteiger partial charge in [0, 0.05) is 5.02 Å². The lowest BCUT2D eigenvalue weighted by atomic mass is 10.1. The Balaban J connectivity index is 2.12. The van der Waals surface area contributed by atoms with Gasteiger partial charge in [-0.1, -0.05) is 23.7 Å². The van der Waals surface area contributed by atoms with Gasteiger partial charge in [0.15, 0.2) is 6.10 Å². The van der Waals surface area contributed by atoms with E-state index in [-0.39, 0.29) is 6.10 Å². The summed E-state index contributed by atoms with van der Waals surface area (Å²) in [7, 11) is 0. The first kappa shape index (κ1) is 8.53. The smallest absolute Gasteiger partial charge is 0.335 e. The molecule has 1 aromatic carbocycles. The highest BCUT2D eigenvalue weighted by Crippen LogP contribution is 2.38. The summed E-state index contributed by atoms with van der Waals surface area (Å²) in [5.74, 6) is -0.917. The van der Waals surface area contributed by atoms with Crippen LogP contribution in [0.15, 0.2) is 24.3 Å². The van der Waals surface area contributed by atoms with E-state index in [1.54, 1.807) is 24.3 Å². The zero-order chi connectivity index (χ0) is 9.42. The van der Waals surface area contributed by atoms with E-state index in [1.165, 1.54) is 0 Å². The summed E-state index contributed by atoms with van der Waals surface area (Å²) in [5, 5.41) is 9.22. The molecule has 1 aromatic rings. The van der Waals surface area contributed by atoms with Crippen LogP contribution in [0.2, 0.25) is 5.02 Å². The molecule has 0 amide bonds. The Labute approximate surface area is 79.9 Å². The molecule has 1 aliphatic rings. The number of carbonyl (C=O) groups is 1. The van der Waals surface area contributed by atoms with Crippen LogP contribution in [0.3, 0.4) is 0 Å². The minimum atomic E-state index is -0.917.